The van der Waals surface area contributed by atoms with Crippen LogP contribution in [0.15, 0.2) is 10.5 Å². The highest BCUT2D eigenvalue weighted by Crippen LogP contribution is 2.39. The largest absolute Gasteiger partial charge is 0.504 e. The lowest BCUT2D eigenvalue weighted by atomic mass is 10.1. The van der Waals surface area contributed by atoms with Crippen LogP contribution in [0.3, 0.4) is 0 Å². The highest BCUT2D eigenvalue weighted by Gasteiger charge is 2.21. The third kappa shape index (κ3) is 2.39. The molecule has 4 N–H and O–H groups in total. The van der Waals surface area contributed by atoms with Crippen LogP contribution in [0.1, 0.15) is 11.7 Å². The van der Waals surface area contributed by atoms with Crippen LogP contribution in [-0.2, 0) is 0 Å². The molecular weight excluding hydrogens is 269 g/mol. The number of hydrogen-bond donors (Lipinski definition) is 4. The number of hydrogen-bond acceptors (Lipinski definition) is 4. The summed E-state index contributed by atoms with van der Waals surface area (Å²) in [5.74, 6) is -1.83. The van der Waals surface area contributed by atoms with Crippen molar-refractivity contribution in [1.82, 2.24) is 5.32 Å². The Labute approximate surface area is 94.5 Å². The monoisotopic (exact) mass is 279 g/mol. The molecule has 6 heteroatoms. The summed E-state index contributed by atoms with van der Waals surface area (Å²) in [6, 6.07) is 0.758. The Morgan fingerprint density at radius 3 is 2.67 bits per heavy atom. The standard InChI is InChI=1S/C9H11BrFNO3/c1-12-3-6(14)7-4(11)2-5(13)9(15)8(7)10/h2,6,12-15H,3H2,1H3. The molecule has 0 aliphatic rings. The van der Waals surface area contributed by atoms with Gasteiger partial charge in [0, 0.05) is 18.2 Å². The van der Waals surface area contributed by atoms with E-state index in [0.29, 0.717) is 0 Å². The molecule has 0 aromatic heterocycles. The van der Waals surface area contributed by atoms with Gasteiger partial charge < -0.3 is 20.6 Å². The molecule has 1 atom stereocenters. The van der Waals surface area contributed by atoms with Crippen LogP contribution in [0.4, 0.5) is 4.39 Å². The molecule has 0 fully saturated rings. The van der Waals surface area contributed by atoms with Crippen LogP contribution < -0.4 is 5.32 Å². The van der Waals surface area contributed by atoms with Gasteiger partial charge in [0.05, 0.1) is 10.6 Å². The summed E-state index contributed by atoms with van der Waals surface area (Å²) in [5.41, 5.74) is -0.0837. The summed E-state index contributed by atoms with van der Waals surface area (Å²) in [5, 5.41) is 30.7. The van der Waals surface area contributed by atoms with Crippen LogP contribution >= 0.6 is 15.9 Å². The fraction of sp³-hybridized carbons (Fsp3) is 0.333. The van der Waals surface area contributed by atoms with E-state index in [1.54, 1.807) is 7.05 Å². The summed E-state index contributed by atoms with van der Waals surface area (Å²) in [6.07, 6.45) is -1.10. The van der Waals surface area contributed by atoms with Gasteiger partial charge in [-0.25, -0.2) is 4.39 Å². The lowest BCUT2D eigenvalue weighted by Gasteiger charge is -2.14. The molecule has 0 heterocycles. The molecule has 0 saturated carbocycles. The number of rotatable bonds is 3. The van der Waals surface area contributed by atoms with E-state index in [1.807, 2.05) is 0 Å². The number of likely N-dealkylation sites (N-methyl/N-ethyl adjacent to an activating group) is 1. The Bertz CT molecular complexity index is 373. The SMILES string of the molecule is CNCC(O)c1c(F)cc(O)c(O)c1Br. The molecule has 0 saturated heterocycles. The van der Waals surface area contributed by atoms with E-state index in [-0.39, 0.29) is 16.6 Å². The van der Waals surface area contributed by atoms with Crippen molar-refractivity contribution in [2.45, 2.75) is 6.10 Å². The number of halogens is 2. The normalized spacial score (nSPS) is 12.8. The minimum absolute atomic E-state index is 0.0391. The van der Waals surface area contributed by atoms with Crippen molar-refractivity contribution in [3.8, 4) is 11.5 Å². The number of phenols is 2. The van der Waals surface area contributed by atoms with E-state index in [4.69, 9.17) is 5.11 Å². The lowest BCUT2D eigenvalue weighted by Crippen LogP contribution is -2.18. The first-order valence-corrected chi connectivity index (χ1v) is 5.00. The van der Waals surface area contributed by atoms with Crippen LogP contribution in [0.25, 0.3) is 0 Å². The molecule has 0 spiro atoms. The summed E-state index contributed by atoms with van der Waals surface area (Å²) in [7, 11) is 1.61. The van der Waals surface area contributed by atoms with Crippen molar-refractivity contribution < 1.29 is 19.7 Å². The number of phenolic OH excluding ortho intramolecular Hbond substituents is 2. The molecule has 1 unspecified atom stereocenters. The number of aromatic hydroxyl groups is 2. The molecule has 4 nitrogen and oxygen atoms in total. The van der Waals surface area contributed by atoms with Gasteiger partial charge in [0.15, 0.2) is 11.5 Å². The van der Waals surface area contributed by atoms with E-state index in [2.05, 4.69) is 21.2 Å². The molecule has 1 aromatic carbocycles. The average Bonchev–Trinajstić information content (AvgIpc) is 2.15. The van der Waals surface area contributed by atoms with Gasteiger partial charge in [-0.2, -0.15) is 0 Å². The van der Waals surface area contributed by atoms with Crippen molar-refractivity contribution in [3.05, 3.63) is 21.9 Å². The predicted octanol–water partition coefficient (Wildman–Crippen LogP) is 1.25. The first-order chi connectivity index (χ1) is 6.99. The van der Waals surface area contributed by atoms with Gasteiger partial charge in [-0.1, -0.05) is 0 Å². The molecule has 0 radical (unpaired) electrons. The second kappa shape index (κ2) is 4.78. The Morgan fingerprint density at radius 2 is 2.13 bits per heavy atom. The molecule has 1 rings (SSSR count). The minimum atomic E-state index is -1.10. The van der Waals surface area contributed by atoms with Crippen molar-refractivity contribution in [2.24, 2.45) is 0 Å². The molecule has 0 bridgehead atoms. The fourth-order valence-electron chi connectivity index (χ4n) is 1.21. The van der Waals surface area contributed by atoms with E-state index in [0.717, 1.165) is 6.07 Å². The Kier molecular flexibility index (Phi) is 3.90. The highest BCUT2D eigenvalue weighted by molar-refractivity contribution is 9.10. The summed E-state index contributed by atoms with van der Waals surface area (Å²) >= 11 is 2.91. The number of nitrogens with one attached hydrogen (secondary N) is 1. The molecule has 15 heavy (non-hydrogen) atoms. The van der Waals surface area contributed by atoms with Gasteiger partial charge >= 0.3 is 0 Å². The summed E-state index contributed by atoms with van der Waals surface area (Å²) in [6.45, 7) is 0.139. The van der Waals surface area contributed by atoms with Gasteiger partial charge in [-0.05, 0) is 23.0 Å². The molecule has 84 valence electrons. The zero-order chi connectivity index (χ0) is 11.6. The van der Waals surface area contributed by atoms with E-state index in [9.17, 15) is 14.6 Å². The first-order valence-electron chi connectivity index (χ1n) is 4.21. The number of aliphatic hydroxyl groups excluding tert-OH is 1. The maximum Gasteiger partial charge on any atom is 0.172 e. The fourth-order valence-corrected chi connectivity index (χ4v) is 1.87. The molecule has 0 aliphatic carbocycles. The lowest BCUT2D eigenvalue weighted by molar-refractivity contribution is 0.171. The number of aliphatic hydroxyl groups is 1. The third-order valence-electron chi connectivity index (χ3n) is 1.94. The van der Waals surface area contributed by atoms with Gasteiger partial charge in [0.1, 0.15) is 5.82 Å². The summed E-state index contributed by atoms with van der Waals surface area (Å²) < 4.78 is 13.3. The second-order valence-electron chi connectivity index (χ2n) is 3.03. The maximum atomic E-state index is 13.4. The van der Waals surface area contributed by atoms with Crippen LogP contribution in [-0.4, -0.2) is 28.9 Å². The summed E-state index contributed by atoms with van der Waals surface area (Å²) in [4.78, 5) is 0. The van der Waals surface area contributed by atoms with E-state index in [1.165, 1.54) is 0 Å². The Hall–Kier alpha value is -0.850. The molecule has 1 aromatic rings. The topological polar surface area (TPSA) is 72.7 Å². The third-order valence-corrected chi connectivity index (χ3v) is 2.74. The van der Waals surface area contributed by atoms with Crippen LogP contribution in [0.2, 0.25) is 0 Å². The van der Waals surface area contributed by atoms with Crippen molar-refractivity contribution >= 4 is 15.9 Å². The first kappa shape index (κ1) is 12.2. The van der Waals surface area contributed by atoms with Gasteiger partial charge in [-0.3, -0.25) is 0 Å². The second-order valence-corrected chi connectivity index (χ2v) is 3.82. The minimum Gasteiger partial charge on any atom is -0.504 e. The van der Waals surface area contributed by atoms with Gasteiger partial charge in [0.2, 0.25) is 0 Å². The van der Waals surface area contributed by atoms with E-state index < -0.39 is 23.4 Å². The number of benzene rings is 1. The van der Waals surface area contributed by atoms with Crippen molar-refractivity contribution in [1.29, 1.82) is 0 Å². The maximum absolute atomic E-state index is 13.4. The highest BCUT2D eigenvalue weighted by atomic mass is 79.9. The quantitative estimate of drug-likeness (QED) is 0.629. The molecule has 0 amide bonds. The molecule has 0 aliphatic heterocycles. The van der Waals surface area contributed by atoms with Crippen molar-refractivity contribution in [2.75, 3.05) is 13.6 Å². The van der Waals surface area contributed by atoms with Gasteiger partial charge in [0.25, 0.3) is 0 Å². The van der Waals surface area contributed by atoms with E-state index >= 15 is 0 Å². The Balaban J connectivity index is 3.23. The van der Waals surface area contributed by atoms with Crippen molar-refractivity contribution in [3.63, 3.8) is 0 Å². The average molecular weight is 280 g/mol. The zero-order valence-corrected chi connectivity index (χ0v) is 9.55. The van der Waals surface area contributed by atoms with Crippen LogP contribution in [0.5, 0.6) is 11.5 Å². The Morgan fingerprint density at radius 1 is 1.53 bits per heavy atom. The van der Waals surface area contributed by atoms with Gasteiger partial charge in [-0.15, -0.1) is 0 Å². The molecular formula is C9H11BrFNO3. The predicted molar refractivity (Wildman–Crippen MR) is 56.3 cm³/mol. The zero-order valence-electron chi connectivity index (χ0n) is 7.96. The van der Waals surface area contributed by atoms with Crippen LogP contribution in [0, 0.1) is 5.82 Å². The smallest absolute Gasteiger partial charge is 0.172 e.